The zero-order valence-electron chi connectivity index (χ0n) is 14.9. The van der Waals surface area contributed by atoms with Crippen LogP contribution in [0.25, 0.3) is 0 Å². The molecule has 2 aliphatic rings. The van der Waals surface area contributed by atoms with Crippen LogP contribution in [0.3, 0.4) is 0 Å². The second-order valence-electron chi connectivity index (χ2n) is 6.81. The molecule has 0 radical (unpaired) electrons. The Bertz CT molecular complexity index is 978. The Kier molecular flexibility index (Phi) is 4.46. The first-order valence-electron chi connectivity index (χ1n) is 8.91. The Morgan fingerprint density at radius 3 is 2.57 bits per heavy atom. The van der Waals surface area contributed by atoms with Crippen LogP contribution in [0.1, 0.15) is 21.5 Å². The van der Waals surface area contributed by atoms with Gasteiger partial charge in [-0.1, -0.05) is 24.3 Å². The highest BCUT2D eigenvalue weighted by Crippen LogP contribution is 2.28. The molecule has 8 heteroatoms. The zero-order chi connectivity index (χ0) is 19.8. The fraction of sp³-hybridized carbons (Fsp3) is 0.250. The van der Waals surface area contributed by atoms with Crippen LogP contribution in [0.4, 0.5) is 14.9 Å². The highest BCUT2D eigenvalue weighted by molar-refractivity contribution is 6.00. The molecule has 0 spiro atoms. The number of halogens is 1. The van der Waals surface area contributed by atoms with E-state index in [4.69, 9.17) is 0 Å². The monoisotopic (exact) mass is 383 g/mol. The van der Waals surface area contributed by atoms with Gasteiger partial charge in [-0.3, -0.25) is 9.69 Å². The number of carbonyl (C=O) groups excluding carboxylic acids is 2. The van der Waals surface area contributed by atoms with Gasteiger partial charge in [0, 0.05) is 31.7 Å². The number of nitrogens with one attached hydrogen (secondary N) is 1. The van der Waals surface area contributed by atoms with Gasteiger partial charge in [-0.25, -0.2) is 14.0 Å². The Morgan fingerprint density at radius 2 is 1.89 bits per heavy atom. The third kappa shape index (κ3) is 3.06. The van der Waals surface area contributed by atoms with Crippen LogP contribution in [0.5, 0.6) is 0 Å². The summed E-state index contributed by atoms with van der Waals surface area (Å²) in [6.45, 7) is 0.955. The summed E-state index contributed by atoms with van der Waals surface area (Å²) in [5.41, 5.74) is 1.85. The minimum atomic E-state index is -1.14. The molecule has 28 heavy (non-hydrogen) atoms. The standard InChI is InChI=1S/C20H18FN3O4/c21-16-6-5-14(23-8-7-22-20(23)28)10-15(16)18(25)24-11-13-4-2-1-3-12(13)9-17(24)19(26)27/h1-6,10,17H,7-9,11H2,(H,22,28)(H,26,27)/t17-/m1/s1. The molecule has 0 aromatic heterocycles. The number of anilines is 1. The quantitative estimate of drug-likeness (QED) is 0.848. The smallest absolute Gasteiger partial charge is 0.326 e. The number of amides is 3. The van der Waals surface area contributed by atoms with Crippen molar-refractivity contribution in [1.82, 2.24) is 10.2 Å². The van der Waals surface area contributed by atoms with E-state index in [1.165, 1.54) is 21.9 Å². The van der Waals surface area contributed by atoms with Gasteiger partial charge in [-0.15, -0.1) is 0 Å². The zero-order valence-corrected chi connectivity index (χ0v) is 14.9. The molecule has 0 aliphatic carbocycles. The molecule has 2 N–H and O–H groups in total. The molecule has 0 unspecified atom stereocenters. The fourth-order valence-corrected chi connectivity index (χ4v) is 3.67. The largest absolute Gasteiger partial charge is 0.480 e. The van der Waals surface area contributed by atoms with E-state index in [0.29, 0.717) is 18.8 Å². The second-order valence-corrected chi connectivity index (χ2v) is 6.81. The number of benzene rings is 2. The lowest BCUT2D eigenvalue weighted by Crippen LogP contribution is -2.48. The van der Waals surface area contributed by atoms with Crippen molar-refractivity contribution < 1.29 is 23.9 Å². The first-order chi connectivity index (χ1) is 13.5. The summed E-state index contributed by atoms with van der Waals surface area (Å²) in [6, 6.07) is 9.76. The van der Waals surface area contributed by atoms with Gasteiger partial charge in [0.1, 0.15) is 11.9 Å². The lowest BCUT2D eigenvalue weighted by molar-refractivity contribution is -0.142. The van der Waals surface area contributed by atoms with Crippen LogP contribution in [-0.4, -0.2) is 47.0 Å². The molecule has 2 aromatic carbocycles. The summed E-state index contributed by atoms with van der Waals surface area (Å²) in [6.07, 6.45) is 0.160. The number of hydrogen-bond donors (Lipinski definition) is 2. The number of carboxylic acid groups (broad SMARTS) is 1. The van der Waals surface area contributed by atoms with Gasteiger partial charge in [0.25, 0.3) is 5.91 Å². The van der Waals surface area contributed by atoms with E-state index in [9.17, 15) is 23.9 Å². The highest BCUT2D eigenvalue weighted by Gasteiger charge is 2.36. The van der Waals surface area contributed by atoms with Crippen LogP contribution in [0, 0.1) is 5.82 Å². The predicted molar refractivity (Wildman–Crippen MR) is 98.6 cm³/mol. The van der Waals surface area contributed by atoms with Crippen molar-refractivity contribution in [2.24, 2.45) is 0 Å². The van der Waals surface area contributed by atoms with E-state index in [2.05, 4.69) is 5.32 Å². The summed E-state index contributed by atoms with van der Waals surface area (Å²) in [5, 5.41) is 12.3. The second kappa shape index (κ2) is 6.95. The lowest BCUT2D eigenvalue weighted by atomic mass is 9.93. The van der Waals surface area contributed by atoms with Crippen LogP contribution in [0.2, 0.25) is 0 Å². The Hall–Kier alpha value is -3.42. The molecular weight excluding hydrogens is 365 g/mol. The maximum Gasteiger partial charge on any atom is 0.326 e. The van der Waals surface area contributed by atoms with Crippen LogP contribution >= 0.6 is 0 Å². The minimum absolute atomic E-state index is 0.0832. The number of rotatable bonds is 3. The van der Waals surface area contributed by atoms with Gasteiger partial charge in [0.05, 0.1) is 5.56 Å². The van der Waals surface area contributed by atoms with Crippen LogP contribution in [0.15, 0.2) is 42.5 Å². The topological polar surface area (TPSA) is 89.9 Å². The molecule has 1 atom stereocenters. The van der Waals surface area contributed by atoms with Crippen molar-refractivity contribution in [2.45, 2.75) is 19.0 Å². The number of hydrogen-bond acceptors (Lipinski definition) is 3. The molecule has 4 rings (SSSR count). The fourth-order valence-electron chi connectivity index (χ4n) is 3.67. The van der Waals surface area contributed by atoms with Crippen molar-refractivity contribution in [1.29, 1.82) is 0 Å². The Morgan fingerprint density at radius 1 is 1.14 bits per heavy atom. The van der Waals surface area contributed by atoms with Crippen LogP contribution < -0.4 is 10.2 Å². The molecule has 144 valence electrons. The van der Waals surface area contributed by atoms with Crippen LogP contribution in [-0.2, 0) is 17.8 Å². The number of carboxylic acids is 1. The summed E-state index contributed by atoms with van der Waals surface area (Å²) < 4.78 is 14.5. The lowest BCUT2D eigenvalue weighted by Gasteiger charge is -2.34. The van der Waals surface area contributed by atoms with Crippen molar-refractivity contribution in [3.05, 3.63) is 65.0 Å². The number of carbonyl (C=O) groups is 3. The maximum absolute atomic E-state index is 14.5. The Balaban J connectivity index is 1.70. The third-order valence-corrected chi connectivity index (χ3v) is 5.14. The van der Waals surface area contributed by atoms with E-state index in [-0.39, 0.29) is 24.6 Å². The molecule has 0 bridgehead atoms. The van der Waals surface area contributed by atoms with Gasteiger partial charge in [-0.2, -0.15) is 0 Å². The molecule has 0 saturated carbocycles. The molecule has 2 aliphatic heterocycles. The number of urea groups is 1. The normalized spacial score (nSPS) is 18.6. The van der Waals surface area contributed by atoms with Crippen molar-refractivity contribution in [2.75, 3.05) is 18.0 Å². The summed E-state index contributed by atoms with van der Waals surface area (Å²) in [5.74, 6) is -2.60. The molecule has 7 nitrogen and oxygen atoms in total. The van der Waals surface area contributed by atoms with Crippen molar-refractivity contribution >= 4 is 23.6 Å². The molecule has 3 amide bonds. The van der Waals surface area contributed by atoms with Gasteiger partial charge in [-0.05, 0) is 29.3 Å². The molecule has 2 aromatic rings. The van der Waals surface area contributed by atoms with E-state index in [1.807, 2.05) is 24.3 Å². The van der Waals surface area contributed by atoms with Gasteiger partial charge in [0.2, 0.25) is 0 Å². The van der Waals surface area contributed by atoms with Gasteiger partial charge < -0.3 is 15.3 Å². The maximum atomic E-state index is 14.5. The Labute approximate surface area is 160 Å². The first kappa shape index (κ1) is 18.0. The highest BCUT2D eigenvalue weighted by atomic mass is 19.1. The van der Waals surface area contributed by atoms with E-state index < -0.39 is 23.7 Å². The number of nitrogens with zero attached hydrogens (tertiary/aromatic N) is 2. The molecular formula is C20H18FN3O4. The number of fused-ring (bicyclic) bond motifs is 1. The minimum Gasteiger partial charge on any atom is -0.480 e. The van der Waals surface area contributed by atoms with Crippen molar-refractivity contribution in [3.8, 4) is 0 Å². The molecule has 1 saturated heterocycles. The average Bonchev–Trinajstić information content (AvgIpc) is 3.12. The van der Waals surface area contributed by atoms with E-state index in [0.717, 1.165) is 17.2 Å². The molecule has 1 fully saturated rings. The predicted octanol–water partition coefficient (Wildman–Crippen LogP) is 2.01. The van der Waals surface area contributed by atoms with E-state index in [1.54, 1.807) is 0 Å². The van der Waals surface area contributed by atoms with Gasteiger partial charge in [0.15, 0.2) is 0 Å². The van der Waals surface area contributed by atoms with Crippen molar-refractivity contribution in [3.63, 3.8) is 0 Å². The summed E-state index contributed by atoms with van der Waals surface area (Å²) in [7, 11) is 0. The van der Waals surface area contributed by atoms with E-state index >= 15 is 0 Å². The van der Waals surface area contributed by atoms with Gasteiger partial charge >= 0.3 is 12.0 Å². The summed E-state index contributed by atoms with van der Waals surface area (Å²) >= 11 is 0. The number of aliphatic carboxylic acids is 1. The molecule has 2 heterocycles. The third-order valence-electron chi connectivity index (χ3n) is 5.14. The first-order valence-corrected chi connectivity index (χ1v) is 8.91. The summed E-state index contributed by atoms with van der Waals surface area (Å²) in [4.78, 5) is 39.3. The SMILES string of the molecule is O=C(O)[C@H]1Cc2ccccc2CN1C(=O)c1cc(N2CCNC2=O)ccc1F. The average molecular weight is 383 g/mol.